The number of amides is 2. The summed E-state index contributed by atoms with van der Waals surface area (Å²) >= 11 is 0. The second-order valence-corrected chi connectivity index (χ2v) is 3.97. The molecule has 1 aromatic carbocycles. The van der Waals surface area contributed by atoms with Crippen LogP contribution in [0.15, 0.2) is 24.3 Å². The van der Waals surface area contributed by atoms with Crippen molar-refractivity contribution in [1.29, 1.82) is 0 Å². The van der Waals surface area contributed by atoms with Gasteiger partial charge >= 0.3 is 6.03 Å². The molecule has 0 aromatic heterocycles. The number of carbonyl (C=O) groups excluding carboxylic acids is 1. The molecule has 7 nitrogen and oxygen atoms in total. The normalized spacial score (nSPS) is 9.95. The summed E-state index contributed by atoms with van der Waals surface area (Å²) in [5.74, 6) is 0. The first-order valence-electron chi connectivity index (χ1n) is 6.03. The van der Waals surface area contributed by atoms with Crippen molar-refractivity contribution < 1.29 is 14.8 Å². The lowest BCUT2D eigenvalue weighted by molar-refractivity contribution is -0.384. The summed E-state index contributed by atoms with van der Waals surface area (Å²) in [5.41, 5.74) is 0.308. The first-order chi connectivity index (χ1) is 9.13. The molecule has 0 saturated heterocycles. The number of nitro groups is 1. The van der Waals surface area contributed by atoms with Crippen molar-refractivity contribution in [3.63, 3.8) is 0 Å². The van der Waals surface area contributed by atoms with E-state index in [1.165, 1.54) is 18.2 Å². The van der Waals surface area contributed by atoms with Gasteiger partial charge in [-0.15, -0.1) is 0 Å². The molecule has 0 aliphatic carbocycles. The highest BCUT2D eigenvalue weighted by atomic mass is 16.6. The molecule has 3 N–H and O–H groups in total. The van der Waals surface area contributed by atoms with Crippen LogP contribution in [0.5, 0.6) is 0 Å². The molecule has 1 aromatic rings. The number of nitrogens with zero attached hydrogens (tertiary/aromatic N) is 1. The van der Waals surface area contributed by atoms with Crippen LogP contribution in [-0.2, 0) is 0 Å². The number of aliphatic hydroxyl groups excluding tert-OH is 1. The predicted octanol–water partition coefficient (Wildman–Crippen LogP) is 1.88. The fourth-order valence-corrected chi connectivity index (χ4v) is 1.49. The third-order valence-electron chi connectivity index (χ3n) is 2.44. The molecule has 0 radical (unpaired) electrons. The molecule has 0 aliphatic rings. The monoisotopic (exact) mass is 267 g/mol. The summed E-state index contributed by atoms with van der Waals surface area (Å²) in [4.78, 5) is 21.5. The fourth-order valence-electron chi connectivity index (χ4n) is 1.49. The minimum Gasteiger partial charge on any atom is -0.396 e. The van der Waals surface area contributed by atoms with E-state index in [1.807, 2.05) is 0 Å². The minimum absolute atomic E-state index is 0.0688. The van der Waals surface area contributed by atoms with Crippen LogP contribution in [0.3, 0.4) is 0 Å². The van der Waals surface area contributed by atoms with Gasteiger partial charge < -0.3 is 15.7 Å². The van der Waals surface area contributed by atoms with Crippen molar-refractivity contribution in [3.05, 3.63) is 34.4 Å². The average molecular weight is 267 g/mol. The molecule has 0 atom stereocenters. The van der Waals surface area contributed by atoms with E-state index in [2.05, 4.69) is 10.6 Å². The zero-order valence-electron chi connectivity index (χ0n) is 10.5. The average Bonchev–Trinajstić information content (AvgIpc) is 2.38. The summed E-state index contributed by atoms with van der Waals surface area (Å²) in [6.45, 7) is 0.653. The van der Waals surface area contributed by atoms with Crippen LogP contribution in [0.1, 0.15) is 19.3 Å². The Morgan fingerprint density at radius 1 is 1.32 bits per heavy atom. The summed E-state index contributed by atoms with van der Waals surface area (Å²) in [6, 6.07) is 5.35. The number of urea groups is 1. The Kier molecular flexibility index (Phi) is 6.31. The number of hydrogen-bond donors (Lipinski definition) is 3. The summed E-state index contributed by atoms with van der Waals surface area (Å²) in [5, 5.41) is 24.3. The van der Waals surface area contributed by atoms with Gasteiger partial charge in [0.1, 0.15) is 0 Å². The van der Waals surface area contributed by atoms with E-state index in [0.29, 0.717) is 18.7 Å². The largest absolute Gasteiger partial charge is 0.396 e. The molecule has 0 saturated carbocycles. The predicted molar refractivity (Wildman–Crippen MR) is 71.1 cm³/mol. The van der Waals surface area contributed by atoms with Gasteiger partial charge in [-0.05, 0) is 25.3 Å². The third kappa shape index (κ3) is 5.82. The van der Waals surface area contributed by atoms with Crippen molar-refractivity contribution in [2.75, 3.05) is 18.5 Å². The quantitative estimate of drug-likeness (QED) is 0.398. The van der Waals surface area contributed by atoms with Crippen LogP contribution in [-0.4, -0.2) is 29.2 Å². The zero-order valence-corrected chi connectivity index (χ0v) is 10.5. The van der Waals surface area contributed by atoms with Crippen molar-refractivity contribution in [2.45, 2.75) is 19.3 Å². The zero-order chi connectivity index (χ0) is 14.1. The van der Waals surface area contributed by atoms with Crippen molar-refractivity contribution >= 4 is 17.4 Å². The molecule has 0 aliphatic heterocycles. The van der Waals surface area contributed by atoms with E-state index in [0.717, 1.165) is 12.8 Å². The van der Waals surface area contributed by atoms with E-state index in [-0.39, 0.29) is 12.3 Å². The van der Waals surface area contributed by atoms with Crippen molar-refractivity contribution in [2.24, 2.45) is 0 Å². The van der Waals surface area contributed by atoms with Gasteiger partial charge in [-0.2, -0.15) is 0 Å². The second-order valence-electron chi connectivity index (χ2n) is 3.97. The van der Waals surface area contributed by atoms with E-state index in [4.69, 9.17) is 5.11 Å². The van der Waals surface area contributed by atoms with Crippen LogP contribution in [0.25, 0.3) is 0 Å². The number of anilines is 1. The smallest absolute Gasteiger partial charge is 0.319 e. The molecule has 2 amide bonds. The van der Waals surface area contributed by atoms with Crippen LogP contribution in [0.4, 0.5) is 16.2 Å². The highest BCUT2D eigenvalue weighted by Crippen LogP contribution is 2.16. The van der Waals surface area contributed by atoms with E-state index < -0.39 is 11.0 Å². The molecule has 19 heavy (non-hydrogen) atoms. The highest BCUT2D eigenvalue weighted by molar-refractivity contribution is 5.89. The Morgan fingerprint density at radius 2 is 2.11 bits per heavy atom. The van der Waals surface area contributed by atoms with E-state index in [9.17, 15) is 14.9 Å². The Bertz CT molecular complexity index is 437. The van der Waals surface area contributed by atoms with E-state index >= 15 is 0 Å². The number of nitro benzene ring substituents is 1. The molecular formula is C12H17N3O4. The van der Waals surface area contributed by atoms with Gasteiger partial charge in [0.05, 0.1) is 4.92 Å². The lowest BCUT2D eigenvalue weighted by atomic mass is 10.2. The van der Waals surface area contributed by atoms with Gasteiger partial charge in [0, 0.05) is 31.0 Å². The SMILES string of the molecule is O=C(NCCCCCO)Nc1cccc([N+](=O)[O-])c1. The van der Waals surface area contributed by atoms with Gasteiger partial charge in [-0.25, -0.2) is 4.79 Å². The maximum absolute atomic E-state index is 11.5. The Hall–Kier alpha value is -2.15. The van der Waals surface area contributed by atoms with Crippen molar-refractivity contribution in [3.8, 4) is 0 Å². The van der Waals surface area contributed by atoms with Crippen molar-refractivity contribution in [1.82, 2.24) is 5.32 Å². The summed E-state index contributed by atoms with van der Waals surface area (Å²) in [7, 11) is 0. The van der Waals surface area contributed by atoms with E-state index in [1.54, 1.807) is 6.07 Å². The molecule has 7 heteroatoms. The van der Waals surface area contributed by atoms with Gasteiger partial charge in [-0.1, -0.05) is 6.07 Å². The summed E-state index contributed by atoms with van der Waals surface area (Å²) < 4.78 is 0. The third-order valence-corrected chi connectivity index (χ3v) is 2.44. The molecule has 0 unspecified atom stereocenters. The molecule has 104 valence electrons. The Balaban J connectivity index is 2.35. The number of hydrogen-bond acceptors (Lipinski definition) is 4. The maximum Gasteiger partial charge on any atom is 0.319 e. The Morgan fingerprint density at radius 3 is 2.79 bits per heavy atom. The number of aliphatic hydroxyl groups is 1. The lowest BCUT2D eigenvalue weighted by Gasteiger charge is -2.07. The van der Waals surface area contributed by atoms with Crippen LogP contribution < -0.4 is 10.6 Å². The standard InChI is InChI=1S/C12H17N3O4/c16-8-3-1-2-7-13-12(17)14-10-5-4-6-11(9-10)15(18)19/h4-6,9,16H,1-3,7-8H2,(H2,13,14,17). The van der Waals surface area contributed by atoms with Gasteiger partial charge in [0.15, 0.2) is 0 Å². The Labute approximate surface area is 110 Å². The first-order valence-corrected chi connectivity index (χ1v) is 6.03. The van der Waals surface area contributed by atoms with Crippen LogP contribution in [0, 0.1) is 10.1 Å². The number of unbranched alkanes of at least 4 members (excludes halogenated alkanes) is 2. The molecule has 0 heterocycles. The van der Waals surface area contributed by atoms with Crippen LogP contribution in [0.2, 0.25) is 0 Å². The lowest BCUT2D eigenvalue weighted by Crippen LogP contribution is -2.29. The number of carbonyl (C=O) groups is 1. The van der Waals surface area contributed by atoms with Gasteiger partial charge in [-0.3, -0.25) is 10.1 Å². The number of non-ortho nitro benzene ring substituents is 1. The van der Waals surface area contributed by atoms with Gasteiger partial charge in [0.2, 0.25) is 0 Å². The maximum atomic E-state index is 11.5. The first kappa shape index (κ1) is 14.9. The van der Waals surface area contributed by atoms with Crippen LogP contribution >= 0.6 is 0 Å². The molecular weight excluding hydrogens is 250 g/mol. The number of rotatable bonds is 7. The summed E-state index contributed by atoms with van der Waals surface area (Å²) in [6.07, 6.45) is 2.34. The van der Waals surface area contributed by atoms with Gasteiger partial charge in [0.25, 0.3) is 5.69 Å². The molecule has 0 spiro atoms. The molecule has 0 fully saturated rings. The fraction of sp³-hybridized carbons (Fsp3) is 0.417. The topological polar surface area (TPSA) is 104 Å². The second kappa shape index (κ2) is 8.04. The number of nitrogens with one attached hydrogen (secondary N) is 2. The molecule has 0 bridgehead atoms. The molecule has 1 rings (SSSR count). The number of benzene rings is 1. The minimum atomic E-state index is -0.516. The highest BCUT2D eigenvalue weighted by Gasteiger charge is 2.07.